The first kappa shape index (κ1) is 16.9. The van der Waals surface area contributed by atoms with Gasteiger partial charge in [0.2, 0.25) is 0 Å². The number of benzene rings is 2. The quantitative estimate of drug-likeness (QED) is 0.508. The number of para-hydroxylation sites is 1. The van der Waals surface area contributed by atoms with Gasteiger partial charge in [0.25, 0.3) is 0 Å². The summed E-state index contributed by atoms with van der Waals surface area (Å²) in [6.45, 7) is 2.19. The maximum Gasteiger partial charge on any atom is 0.197 e. The van der Waals surface area contributed by atoms with Gasteiger partial charge in [0, 0.05) is 46.8 Å². The van der Waals surface area contributed by atoms with Crippen molar-refractivity contribution in [1.82, 2.24) is 9.88 Å². The van der Waals surface area contributed by atoms with Crippen molar-refractivity contribution in [3.8, 4) is 0 Å². The fourth-order valence-corrected chi connectivity index (χ4v) is 4.48. The van der Waals surface area contributed by atoms with Crippen molar-refractivity contribution in [2.75, 3.05) is 6.54 Å². The first-order chi connectivity index (χ1) is 13.1. The zero-order chi connectivity index (χ0) is 18.5. The molecule has 0 fully saturated rings. The van der Waals surface area contributed by atoms with E-state index in [1.54, 1.807) is 12.1 Å². The minimum Gasteiger partial charge on any atom is -0.462 e. The molecule has 0 saturated carbocycles. The van der Waals surface area contributed by atoms with E-state index in [0.717, 1.165) is 19.5 Å². The molecule has 0 atom stereocenters. The lowest BCUT2D eigenvalue weighted by Crippen LogP contribution is -2.31. The van der Waals surface area contributed by atoms with Crippen LogP contribution < -0.4 is 5.43 Å². The molecular formula is C21H16Cl2N2O2. The Morgan fingerprint density at radius 3 is 2.89 bits per heavy atom. The molecule has 4 aromatic rings. The highest BCUT2D eigenvalue weighted by molar-refractivity contribution is 6.38. The van der Waals surface area contributed by atoms with Crippen molar-refractivity contribution in [3.63, 3.8) is 0 Å². The van der Waals surface area contributed by atoms with E-state index in [2.05, 4.69) is 28.1 Å². The van der Waals surface area contributed by atoms with Crippen LogP contribution in [0.15, 0.2) is 51.9 Å². The second-order valence-electron chi connectivity index (χ2n) is 6.94. The Morgan fingerprint density at radius 1 is 1.15 bits per heavy atom. The van der Waals surface area contributed by atoms with Gasteiger partial charge in [-0.15, -0.1) is 0 Å². The summed E-state index contributed by atoms with van der Waals surface area (Å²) in [7, 11) is 0. The summed E-state index contributed by atoms with van der Waals surface area (Å²) < 4.78 is 5.64. The maximum absolute atomic E-state index is 12.9. The van der Waals surface area contributed by atoms with Crippen LogP contribution >= 0.6 is 23.2 Å². The van der Waals surface area contributed by atoms with Gasteiger partial charge in [0.1, 0.15) is 0 Å². The molecule has 0 radical (unpaired) electrons. The van der Waals surface area contributed by atoms with Gasteiger partial charge >= 0.3 is 0 Å². The summed E-state index contributed by atoms with van der Waals surface area (Å²) in [4.78, 5) is 18.6. The molecule has 2 aromatic heterocycles. The molecule has 1 N–H and O–H groups in total. The van der Waals surface area contributed by atoms with Gasteiger partial charge in [0.05, 0.1) is 16.7 Å². The summed E-state index contributed by atoms with van der Waals surface area (Å²) in [6.07, 6.45) is 2.47. The summed E-state index contributed by atoms with van der Waals surface area (Å²) in [5, 5.41) is 2.49. The third-order valence-corrected chi connectivity index (χ3v) is 5.72. The zero-order valence-corrected chi connectivity index (χ0v) is 15.9. The molecule has 0 aliphatic carbocycles. The zero-order valence-electron chi connectivity index (χ0n) is 14.4. The van der Waals surface area contributed by atoms with Crippen molar-refractivity contribution >= 4 is 45.1 Å². The van der Waals surface area contributed by atoms with Crippen LogP contribution in [-0.2, 0) is 19.5 Å². The topological polar surface area (TPSA) is 49.2 Å². The third kappa shape index (κ3) is 2.85. The lowest BCUT2D eigenvalue weighted by Gasteiger charge is -2.26. The van der Waals surface area contributed by atoms with Crippen molar-refractivity contribution < 1.29 is 4.42 Å². The molecule has 136 valence electrons. The highest BCUT2D eigenvalue weighted by Crippen LogP contribution is 2.29. The highest BCUT2D eigenvalue weighted by Gasteiger charge is 2.22. The van der Waals surface area contributed by atoms with Gasteiger partial charge < -0.3 is 9.40 Å². The van der Waals surface area contributed by atoms with Crippen molar-refractivity contribution in [2.45, 2.75) is 19.5 Å². The molecule has 4 nitrogen and oxygen atoms in total. The lowest BCUT2D eigenvalue weighted by atomic mass is 10.0. The smallest absolute Gasteiger partial charge is 0.197 e. The van der Waals surface area contributed by atoms with Crippen molar-refractivity contribution in [3.05, 3.63) is 79.8 Å². The molecule has 0 saturated heterocycles. The van der Waals surface area contributed by atoms with Crippen LogP contribution in [-0.4, -0.2) is 16.4 Å². The van der Waals surface area contributed by atoms with Crippen LogP contribution in [0.3, 0.4) is 0 Å². The SMILES string of the molecule is O=c1c(CN2CCc3c([nH]c4ccccc34)C2)coc2c(Cl)cc(Cl)cc12. The molecule has 0 amide bonds. The number of rotatable bonds is 2. The largest absolute Gasteiger partial charge is 0.462 e. The number of hydrogen-bond donors (Lipinski definition) is 1. The molecule has 0 spiro atoms. The van der Waals surface area contributed by atoms with Gasteiger partial charge in [0.15, 0.2) is 11.0 Å². The van der Waals surface area contributed by atoms with E-state index in [4.69, 9.17) is 27.6 Å². The monoisotopic (exact) mass is 398 g/mol. The first-order valence-electron chi connectivity index (χ1n) is 8.80. The van der Waals surface area contributed by atoms with E-state index >= 15 is 0 Å². The minimum absolute atomic E-state index is 0.0805. The molecule has 0 bridgehead atoms. The number of nitrogens with zero attached hydrogens (tertiary/aromatic N) is 1. The van der Waals surface area contributed by atoms with E-state index in [9.17, 15) is 4.79 Å². The lowest BCUT2D eigenvalue weighted by molar-refractivity contribution is 0.241. The molecule has 5 rings (SSSR count). The maximum atomic E-state index is 12.9. The molecule has 3 heterocycles. The summed E-state index contributed by atoms with van der Waals surface area (Å²) in [6, 6.07) is 11.6. The second-order valence-corrected chi connectivity index (χ2v) is 7.79. The Morgan fingerprint density at radius 2 is 2.00 bits per heavy atom. The Kier molecular flexibility index (Phi) is 4.01. The highest BCUT2D eigenvalue weighted by atomic mass is 35.5. The van der Waals surface area contributed by atoms with E-state index in [1.807, 2.05) is 6.07 Å². The average molecular weight is 399 g/mol. The molecule has 1 aliphatic rings. The number of fused-ring (bicyclic) bond motifs is 4. The molecule has 2 aromatic carbocycles. The van der Waals surface area contributed by atoms with Crippen molar-refractivity contribution in [2.24, 2.45) is 0 Å². The van der Waals surface area contributed by atoms with Crippen LogP contribution in [0.5, 0.6) is 0 Å². The molecule has 6 heteroatoms. The fourth-order valence-electron chi connectivity index (χ4n) is 3.94. The number of hydrogen-bond acceptors (Lipinski definition) is 3. The fraction of sp³-hybridized carbons (Fsp3) is 0.190. The van der Waals surface area contributed by atoms with Crippen LogP contribution in [0.4, 0.5) is 0 Å². The van der Waals surface area contributed by atoms with Crippen LogP contribution in [0.25, 0.3) is 21.9 Å². The molecular weight excluding hydrogens is 383 g/mol. The van der Waals surface area contributed by atoms with Crippen LogP contribution in [0.2, 0.25) is 10.0 Å². The summed E-state index contributed by atoms with van der Waals surface area (Å²) >= 11 is 12.2. The molecule has 27 heavy (non-hydrogen) atoms. The van der Waals surface area contributed by atoms with Crippen molar-refractivity contribution in [1.29, 1.82) is 0 Å². The van der Waals surface area contributed by atoms with E-state index in [-0.39, 0.29) is 5.43 Å². The third-order valence-electron chi connectivity index (χ3n) is 5.22. The predicted molar refractivity (Wildman–Crippen MR) is 109 cm³/mol. The van der Waals surface area contributed by atoms with Gasteiger partial charge in [-0.05, 0) is 30.2 Å². The number of halogens is 2. The Hall–Kier alpha value is -2.27. The molecule has 1 aliphatic heterocycles. The Labute approximate surface area is 165 Å². The van der Waals surface area contributed by atoms with Crippen LogP contribution in [0.1, 0.15) is 16.8 Å². The predicted octanol–water partition coefficient (Wildman–Crippen LogP) is 5.14. The summed E-state index contributed by atoms with van der Waals surface area (Å²) in [5.74, 6) is 0. The number of H-pyrrole nitrogens is 1. The molecule has 0 unspecified atom stereocenters. The average Bonchev–Trinajstić information content (AvgIpc) is 3.02. The van der Waals surface area contributed by atoms with Crippen LogP contribution in [0, 0.1) is 0 Å². The van der Waals surface area contributed by atoms with Gasteiger partial charge in [-0.25, -0.2) is 0 Å². The Bertz CT molecular complexity index is 1240. The normalized spacial score (nSPS) is 14.7. The van der Waals surface area contributed by atoms with Gasteiger partial charge in [-0.1, -0.05) is 41.4 Å². The second kappa shape index (κ2) is 6.41. The Balaban J connectivity index is 1.47. The van der Waals surface area contributed by atoms with E-state index < -0.39 is 0 Å². The minimum atomic E-state index is -0.0805. The van der Waals surface area contributed by atoms with E-state index in [1.165, 1.54) is 28.4 Å². The van der Waals surface area contributed by atoms with E-state index in [0.29, 0.717) is 33.1 Å². The number of aromatic nitrogens is 1. The number of aromatic amines is 1. The summed E-state index contributed by atoms with van der Waals surface area (Å²) in [5.41, 5.74) is 4.68. The number of nitrogens with one attached hydrogen (secondary N) is 1. The first-order valence-corrected chi connectivity index (χ1v) is 9.56. The van der Waals surface area contributed by atoms with Gasteiger partial charge in [-0.3, -0.25) is 9.69 Å². The standard InChI is InChI=1S/C21H16Cl2N2O2/c22-13-7-16-20(26)12(11-27-21(16)17(23)8-13)9-25-6-5-15-14-3-1-2-4-18(14)24-19(15)10-25/h1-4,7-8,11,24H,5-6,9-10H2. The van der Waals surface area contributed by atoms with Gasteiger partial charge in [-0.2, -0.15) is 0 Å².